The van der Waals surface area contributed by atoms with Crippen molar-refractivity contribution in [2.24, 2.45) is 7.05 Å². The molecule has 0 aliphatic rings. The van der Waals surface area contributed by atoms with Crippen LogP contribution in [0, 0.1) is 6.07 Å². The van der Waals surface area contributed by atoms with Crippen LogP contribution in [-0.4, -0.2) is 9.78 Å². The minimum Gasteiger partial charge on any atom is -0.267 e. The molecule has 0 atom stereocenters. The molecule has 0 spiro atoms. The number of rotatable bonds is 1. The highest BCUT2D eigenvalue weighted by atomic mass is 35.5. The zero-order chi connectivity index (χ0) is 9.26. The van der Waals surface area contributed by atoms with Gasteiger partial charge < -0.3 is 0 Å². The average molecular weight is 192 g/mol. The van der Waals surface area contributed by atoms with Gasteiger partial charge in [0.05, 0.1) is 11.9 Å². The van der Waals surface area contributed by atoms with E-state index in [0.29, 0.717) is 0 Å². The lowest BCUT2D eigenvalue weighted by molar-refractivity contribution is 0.776. The Bertz CT molecular complexity index is 420. The van der Waals surface area contributed by atoms with Crippen LogP contribution in [0.4, 0.5) is 0 Å². The fourth-order valence-electron chi connectivity index (χ4n) is 1.23. The molecule has 1 aromatic heterocycles. The summed E-state index contributed by atoms with van der Waals surface area (Å²) in [4.78, 5) is 0. The van der Waals surface area contributed by atoms with Gasteiger partial charge in [-0.1, -0.05) is 29.8 Å². The first-order valence-corrected chi connectivity index (χ1v) is 4.31. The lowest BCUT2D eigenvalue weighted by atomic mass is 10.1. The molecule has 0 fully saturated rings. The highest BCUT2D eigenvalue weighted by molar-refractivity contribution is 6.33. The fraction of sp³-hybridized carbons (Fsp3) is 0.100. The van der Waals surface area contributed by atoms with Gasteiger partial charge >= 0.3 is 0 Å². The highest BCUT2D eigenvalue weighted by Crippen LogP contribution is 2.25. The normalized spacial score (nSPS) is 10.3. The SMILES string of the molecule is Cn1nc[c]c1-c1ccccc1Cl. The Balaban J connectivity index is 2.59. The number of aromatic nitrogens is 2. The molecule has 0 amide bonds. The Hall–Kier alpha value is -1.28. The van der Waals surface area contributed by atoms with E-state index in [2.05, 4.69) is 11.2 Å². The molecule has 2 nitrogen and oxygen atoms in total. The number of nitrogens with zero attached hydrogens (tertiary/aromatic N) is 2. The molecule has 3 heteroatoms. The van der Waals surface area contributed by atoms with Crippen LogP contribution in [-0.2, 0) is 7.05 Å². The molecule has 0 N–H and O–H groups in total. The van der Waals surface area contributed by atoms with Crippen LogP contribution in [0.25, 0.3) is 11.3 Å². The Morgan fingerprint density at radius 2 is 2.15 bits per heavy atom. The first kappa shape index (κ1) is 8.32. The van der Waals surface area contributed by atoms with Crippen molar-refractivity contribution in [2.45, 2.75) is 0 Å². The van der Waals surface area contributed by atoms with Crippen LogP contribution < -0.4 is 0 Å². The van der Waals surface area contributed by atoms with Gasteiger partial charge in [0.2, 0.25) is 0 Å². The van der Waals surface area contributed by atoms with E-state index < -0.39 is 0 Å². The Kier molecular flexibility index (Phi) is 2.07. The molecule has 0 bridgehead atoms. The summed E-state index contributed by atoms with van der Waals surface area (Å²) < 4.78 is 1.75. The zero-order valence-corrected chi connectivity index (χ0v) is 7.92. The van der Waals surface area contributed by atoms with E-state index >= 15 is 0 Å². The summed E-state index contributed by atoms with van der Waals surface area (Å²) >= 11 is 6.03. The first-order chi connectivity index (χ1) is 6.29. The molecule has 0 saturated heterocycles. The summed E-state index contributed by atoms with van der Waals surface area (Å²) in [5.74, 6) is 0. The van der Waals surface area contributed by atoms with Gasteiger partial charge in [0, 0.05) is 23.7 Å². The van der Waals surface area contributed by atoms with Gasteiger partial charge in [0.25, 0.3) is 0 Å². The maximum absolute atomic E-state index is 6.03. The van der Waals surface area contributed by atoms with Gasteiger partial charge in [-0.25, -0.2) is 0 Å². The van der Waals surface area contributed by atoms with Crippen LogP contribution in [0.1, 0.15) is 0 Å². The van der Waals surface area contributed by atoms with Crippen molar-refractivity contribution in [1.29, 1.82) is 0 Å². The van der Waals surface area contributed by atoms with Crippen LogP contribution in [0.5, 0.6) is 0 Å². The van der Waals surface area contributed by atoms with Crippen molar-refractivity contribution in [1.82, 2.24) is 9.78 Å². The molecule has 1 aromatic carbocycles. The van der Waals surface area contributed by atoms with Gasteiger partial charge in [-0.05, 0) is 6.07 Å². The summed E-state index contributed by atoms with van der Waals surface area (Å²) in [5.41, 5.74) is 1.87. The summed E-state index contributed by atoms with van der Waals surface area (Å²) in [6, 6.07) is 10.7. The summed E-state index contributed by atoms with van der Waals surface area (Å²) in [6.07, 6.45) is 1.64. The van der Waals surface area contributed by atoms with Crippen molar-refractivity contribution in [3.05, 3.63) is 41.6 Å². The van der Waals surface area contributed by atoms with E-state index in [1.807, 2.05) is 31.3 Å². The second kappa shape index (κ2) is 3.23. The number of benzene rings is 1. The predicted molar refractivity (Wildman–Crippen MR) is 52.5 cm³/mol. The lowest BCUT2D eigenvalue weighted by Crippen LogP contribution is -1.93. The monoisotopic (exact) mass is 191 g/mol. The quantitative estimate of drug-likeness (QED) is 0.678. The molecule has 0 aliphatic carbocycles. The molecule has 2 aromatic rings. The number of hydrogen-bond donors (Lipinski definition) is 0. The Labute approximate surface area is 81.8 Å². The third-order valence-corrected chi connectivity index (χ3v) is 2.21. The van der Waals surface area contributed by atoms with E-state index in [9.17, 15) is 0 Å². The molecular weight excluding hydrogens is 184 g/mol. The summed E-state index contributed by atoms with van der Waals surface area (Å²) in [6.45, 7) is 0. The van der Waals surface area contributed by atoms with Crippen molar-refractivity contribution in [3.63, 3.8) is 0 Å². The molecule has 65 valence electrons. The topological polar surface area (TPSA) is 17.8 Å². The van der Waals surface area contributed by atoms with Gasteiger partial charge in [0.1, 0.15) is 0 Å². The molecule has 1 radical (unpaired) electrons. The minimum atomic E-state index is 0.724. The Morgan fingerprint density at radius 3 is 2.77 bits per heavy atom. The standard InChI is InChI=1S/C10H8ClN2/c1-13-10(6-7-12-13)8-4-2-3-5-9(8)11/h2-5,7H,1H3. The molecular formula is C10H8ClN2. The van der Waals surface area contributed by atoms with Crippen molar-refractivity contribution >= 4 is 11.6 Å². The summed E-state index contributed by atoms with van der Waals surface area (Å²) in [5, 5.41) is 4.76. The second-order valence-electron chi connectivity index (χ2n) is 2.74. The van der Waals surface area contributed by atoms with Crippen LogP contribution >= 0.6 is 11.6 Å². The highest BCUT2D eigenvalue weighted by Gasteiger charge is 2.05. The van der Waals surface area contributed by atoms with Gasteiger partial charge in [0.15, 0.2) is 0 Å². The third-order valence-electron chi connectivity index (χ3n) is 1.88. The van der Waals surface area contributed by atoms with Crippen molar-refractivity contribution in [3.8, 4) is 11.3 Å². The van der Waals surface area contributed by atoms with Crippen LogP contribution in [0.15, 0.2) is 30.5 Å². The van der Waals surface area contributed by atoms with Gasteiger partial charge in [-0.15, -0.1) is 0 Å². The number of hydrogen-bond acceptors (Lipinski definition) is 1. The maximum Gasteiger partial charge on any atom is 0.0773 e. The first-order valence-electron chi connectivity index (χ1n) is 3.93. The Morgan fingerprint density at radius 1 is 1.38 bits per heavy atom. The predicted octanol–water partition coefficient (Wildman–Crippen LogP) is 2.54. The smallest absolute Gasteiger partial charge is 0.0773 e. The largest absolute Gasteiger partial charge is 0.267 e. The van der Waals surface area contributed by atoms with Crippen LogP contribution in [0.3, 0.4) is 0 Å². The molecule has 0 unspecified atom stereocenters. The third kappa shape index (κ3) is 1.45. The number of halogens is 1. The van der Waals surface area contributed by atoms with E-state index in [0.717, 1.165) is 16.3 Å². The van der Waals surface area contributed by atoms with Crippen molar-refractivity contribution in [2.75, 3.05) is 0 Å². The van der Waals surface area contributed by atoms with Crippen molar-refractivity contribution < 1.29 is 0 Å². The van der Waals surface area contributed by atoms with Gasteiger partial charge in [-0.3, -0.25) is 4.68 Å². The number of aryl methyl sites for hydroxylation is 1. The van der Waals surface area contributed by atoms with E-state index in [-0.39, 0.29) is 0 Å². The zero-order valence-electron chi connectivity index (χ0n) is 7.16. The maximum atomic E-state index is 6.03. The van der Waals surface area contributed by atoms with Gasteiger partial charge in [-0.2, -0.15) is 5.10 Å². The molecule has 0 aliphatic heterocycles. The average Bonchev–Trinajstić information content (AvgIpc) is 2.52. The minimum absolute atomic E-state index is 0.724. The summed E-state index contributed by atoms with van der Waals surface area (Å²) in [7, 11) is 1.87. The van der Waals surface area contributed by atoms with E-state index in [1.165, 1.54) is 0 Å². The molecule has 1 heterocycles. The van der Waals surface area contributed by atoms with Crippen LogP contribution in [0.2, 0.25) is 5.02 Å². The molecule has 0 saturated carbocycles. The second-order valence-corrected chi connectivity index (χ2v) is 3.15. The molecule has 13 heavy (non-hydrogen) atoms. The lowest BCUT2D eigenvalue weighted by Gasteiger charge is -2.02. The fourth-order valence-corrected chi connectivity index (χ4v) is 1.46. The molecule has 2 rings (SSSR count). The van der Waals surface area contributed by atoms with E-state index in [4.69, 9.17) is 11.6 Å². The van der Waals surface area contributed by atoms with E-state index in [1.54, 1.807) is 10.9 Å².